The van der Waals surface area contributed by atoms with Crippen LogP contribution in [0.1, 0.15) is 39.0 Å². The van der Waals surface area contributed by atoms with Crippen molar-refractivity contribution >= 4 is 0 Å². The fraction of sp³-hybridized carbons (Fsp3) is 0.706. The highest BCUT2D eigenvalue weighted by Crippen LogP contribution is 2.34. The van der Waals surface area contributed by atoms with Gasteiger partial charge in [0.05, 0.1) is 24.7 Å². The first-order valence-electron chi connectivity index (χ1n) is 8.22. The highest BCUT2D eigenvalue weighted by atomic mass is 16.5. The smallest absolute Gasteiger partial charge is 0.0686 e. The maximum atomic E-state index is 8.70. The summed E-state index contributed by atoms with van der Waals surface area (Å²) in [5, 5.41) is 14.8. The van der Waals surface area contributed by atoms with Crippen molar-refractivity contribution in [3.05, 3.63) is 24.0 Å². The topological polar surface area (TPSA) is 83.1 Å². The van der Waals surface area contributed by atoms with Gasteiger partial charge in [0.1, 0.15) is 0 Å². The molecule has 1 saturated carbocycles. The summed E-state index contributed by atoms with van der Waals surface area (Å²) in [5.74, 6) is 0. The van der Waals surface area contributed by atoms with Crippen molar-refractivity contribution in [1.29, 1.82) is 5.26 Å². The van der Waals surface area contributed by atoms with Crippen LogP contribution < -0.4 is 16.4 Å². The van der Waals surface area contributed by atoms with Gasteiger partial charge < -0.3 is 21.1 Å². The minimum absolute atomic E-state index is 0.0260. The summed E-state index contributed by atoms with van der Waals surface area (Å²) in [6, 6.07) is 2.38. The third kappa shape index (κ3) is 8.71. The SMILES string of the molecule is C1COCCN1.CC1(C#N)CCCCC1.NC1=CNCC=C1. The van der Waals surface area contributed by atoms with E-state index in [0.717, 1.165) is 51.4 Å². The van der Waals surface area contributed by atoms with Gasteiger partial charge in [-0.05, 0) is 25.8 Å². The van der Waals surface area contributed by atoms with Gasteiger partial charge >= 0.3 is 0 Å². The van der Waals surface area contributed by atoms with Crippen molar-refractivity contribution in [2.75, 3.05) is 32.8 Å². The standard InChI is InChI=1S/C8H13N.C5H8N2.C4H9NO/c1-8(7-9)5-3-2-4-6-8;6-5-2-1-3-7-4-5;1-3-6-4-2-5-1/h2-6H2,1H3;1-2,4,7H,3,6H2;5H,1-4H2. The average Bonchev–Trinajstić information content (AvgIpc) is 2.59. The number of nitrogens with one attached hydrogen (secondary N) is 2. The number of ether oxygens (including phenoxy) is 1. The molecule has 2 fully saturated rings. The van der Waals surface area contributed by atoms with E-state index in [1.165, 1.54) is 19.3 Å². The lowest BCUT2D eigenvalue weighted by Gasteiger charge is -2.25. The summed E-state index contributed by atoms with van der Waals surface area (Å²) in [5.41, 5.74) is 6.17. The number of allylic oxidation sites excluding steroid dienone is 1. The maximum Gasteiger partial charge on any atom is 0.0686 e. The summed E-state index contributed by atoms with van der Waals surface area (Å²) in [6.45, 7) is 6.81. The molecule has 0 aromatic heterocycles. The monoisotopic (exact) mass is 306 g/mol. The molecule has 0 spiro atoms. The van der Waals surface area contributed by atoms with E-state index in [1.807, 2.05) is 12.2 Å². The molecule has 3 aliphatic rings. The van der Waals surface area contributed by atoms with Crippen LogP contribution in [-0.2, 0) is 4.74 Å². The van der Waals surface area contributed by atoms with E-state index in [9.17, 15) is 0 Å². The van der Waals surface area contributed by atoms with Crippen molar-refractivity contribution in [3.63, 3.8) is 0 Å². The van der Waals surface area contributed by atoms with Crippen molar-refractivity contribution in [1.82, 2.24) is 10.6 Å². The predicted octanol–water partition coefficient (Wildman–Crippen LogP) is 2.03. The Kier molecular flexibility index (Phi) is 9.36. The molecule has 0 unspecified atom stereocenters. The fourth-order valence-electron chi connectivity index (χ4n) is 2.45. The summed E-state index contributed by atoms with van der Waals surface area (Å²) in [7, 11) is 0. The zero-order valence-corrected chi connectivity index (χ0v) is 13.7. The van der Waals surface area contributed by atoms with E-state index < -0.39 is 0 Å². The first-order chi connectivity index (χ1) is 10.7. The Bertz CT molecular complexity index is 376. The molecule has 5 heteroatoms. The normalized spacial score (nSPS) is 22.5. The van der Waals surface area contributed by atoms with Crippen LogP contribution in [0, 0.1) is 16.7 Å². The number of rotatable bonds is 0. The highest BCUT2D eigenvalue weighted by molar-refractivity contribution is 5.17. The second-order valence-corrected chi connectivity index (χ2v) is 6.05. The van der Waals surface area contributed by atoms with E-state index in [-0.39, 0.29) is 5.41 Å². The lowest BCUT2D eigenvalue weighted by molar-refractivity contribution is 0.109. The first kappa shape index (κ1) is 18.5. The zero-order chi connectivity index (χ0) is 16.1. The third-order valence-corrected chi connectivity index (χ3v) is 3.89. The minimum Gasteiger partial charge on any atom is -0.398 e. The average molecular weight is 306 g/mol. The van der Waals surface area contributed by atoms with Crippen molar-refractivity contribution in [2.24, 2.45) is 11.1 Å². The van der Waals surface area contributed by atoms with Crippen LogP contribution in [0.25, 0.3) is 0 Å². The van der Waals surface area contributed by atoms with Crippen LogP contribution in [0.2, 0.25) is 0 Å². The van der Waals surface area contributed by atoms with Crippen molar-refractivity contribution in [3.8, 4) is 6.07 Å². The second-order valence-electron chi connectivity index (χ2n) is 6.05. The van der Waals surface area contributed by atoms with Gasteiger partial charge in [-0.3, -0.25) is 0 Å². The molecule has 3 rings (SSSR count). The van der Waals surface area contributed by atoms with Crippen LogP contribution in [-0.4, -0.2) is 32.8 Å². The Morgan fingerprint density at radius 2 is 1.91 bits per heavy atom. The molecular formula is C17H30N4O. The molecule has 2 heterocycles. The summed E-state index contributed by atoms with van der Waals surface area (Å²) < 4.78 is 5.01. The third-order valence-electron chi connectivity index (χ3n) is 3.89. The summed E-state index contributed by atoms with van der Waals surface area (Å²) >= 11 is 0. The van der Waals surface area contributed by atoms with Gasteiger partial charge in [0.15, 0.2) is 0 Å². The second kappa shape index (κ2) is 11.1. The molecule has 0 aromatic carbocycles. The molecule has 4 N–H and O–H groups in total. The van der Waals surface area contributed by atoms with Crippen LogP contribution >= 0.6 is 0 Å². The highest BCUT2D eigenvalue weighted by Gasteiger charge is 2.25. The quantitative estimate of drug-likeness (QED) is 0.638. The Morgan fingerprint density at radius 3 is 2.18 bits per heavy atom. The molecule has 1 aliphatic carbocycles. The number of morpholine rings is 1. The number of hydrogen-bond donors (Lipinski definition) is 3. The van der Waals surface area contributed by atoms with Crippen LogP contribution in [0.4, 0.5) is 0 Å². The van der Waals surface area contributed by atoms with E-state index >= 15 is 0 Å². The van der Waals surface area contributed by atoms with Gasteiger partial charge in [0.25, 0.3) is 0 Å². The summed E-state index contributed by atoms with van der Waals surface area (Å²) in [4.78, 5) is 0. The first-order valence-corrected chi connectivity index (χ1v) is 8.22. The van der Waals surface area contributed by atoms with E-state index in [1.54, 1.807) is 6.20 Å². The Labute approximate surface area is 134 Å². The Balaban J connectivity index is 0.000000169. The van der Waals surface area contributed by atoms with Gasteiger partial charge in [-0.2, -0.15) is 5.26 Å². The molecule has 5 nitrogen and oxygen atoms in total. The lowest BCUT2D eigenvalue weighted by atomic mass is 9.77. The summed E-state index contributed by atoms with van der Waals surface area (Å²) in [6.07, 6.45) is 11.7. The van der Waals surface area contributed by atoms with Gasteiger partial charge in [-0.25, -0.2) is 0 Å². The van der Waals surface area contributed by atoms with Crippen LogP contribution in [0.15, 0.2) is 24.0 Å². The molecule has 22 heavy (non-hydrogen) atoms. The lowest BCUT2D eigenvalue weighted by Crippen LogP contribution is -2.30. The van der Waals surface area contributed by atoms with Gasteiger partial charge in [-0.1, -0.05) is 25.3 Å². The minimum atomic E-state index is 0.0260. The Hall–Kier alpha value is -1.51. The van der Waals surface area contributed by atoms with E-state index in [0.29, 0.717) is 0 Å². The molecular weight excluding hydrogens is 276 g/mol. The zero-order valence-electron chi connectivity index (χ0n) is 13.7. The molecule has 0 atom stereocenters. The van der Waals surface area contributed by atoms with Crippen LogP contribution in [0.5, 0.6) is 0 Å². The number of nitriles is 1. The number of nitrogens with two attached hydrogens (primary N) is 1. The molecule has 2 aliphatic heterocycles. The van der Waals surface area contributed by atoms with Gasteiger partial charge in [0.2, 0.25) is 0 Å². The van der Waals surface area contributed by atoms with E-state index in [2.05, 4.69) is 23.6 Å². The molecule has 0 radical (unpaired) electrons. The fourth-order valence-corrected chi connectivity index (χ4v) is 2.45. The van der Waals surface area contributed by atoms with Gasteiger partial charge in [0, 0.05) is 31.5 Å². The van der Waals surface area contributed by atoms with Crippen LogP contribution in [0.3, 0.4) is 0 Å². The van der Waals surface area contributed by atoms with Crippen molar-refractivity contribution < 1.29 is 4.74 Å². The number of dihydropyridines is 1. The Morgan fingerprint density at radius 1 is 1.23 bits per heavy atom. The number of hydrogen-bond acceptors (Lipinski definition) is 5. The molecule has 0 bridgehead atoms. The van der Waals surface area contributed by atoms with Crippen molar-refractivity contribution in [2.45, 2.75) is 39.0 Å². The molecule has 0 aromatic rings. The predicted molar refractivity (Wildman–Crippen MR) is 89.9 cm³/mol. The maximum absolute atomic E-state index is 8.70. The van der Waals surface area contributed by atoms with Gasteiger partial charge in [-0.15, -0.1) is 0 Å². The molecule has 0 amide bonds. The van der Waals surface area contributed by atoms with E-state index in [4.69, 9.17) is 15.7 Å². The molecule has 124 valence electrons. The number of nitrogens with zero attached hydrogens (tertiary/aromatic N) is 1. The largest absolute Gasteiger partial charge is 0.398 e. The molecule has 1 saturated heterocycles.